The van der Waals surface area contributed by atoms with Gasteiger partial charge in [-0.3, -0.25) is 4.79 Å². The molecule has 0 radical (unpaired) electrons. The van der Waals surface area contributed by atoms with E-state index in [1.165, 1.54) is 10.4 Å². The highest BCUT2D eigenvalue weighted by atomic mass is 32.1. The molecule has 7 nitrogen and oxygen atoms in total. The van der Waals surface area contributed by atoms with Gasteiger partial charge in [-0.1, -0.05) is 0 Å². The number of carbonyl (C=O) groups excluding carboxylic acids is 1. The standard InChI is InChI=1S/C17H22N6OS2/c18-16(21-5-7-22(8-6-21)17-19-3-10-26-17)20-11-15(24)23-4-1-14-13(12-23)2-9-25-14/h2-3,9-10H,1,4-8,11-12H2,(H2,18,20). The third-order valence-electron chi connectivity index (χ3n) is 4.83. The SMILES string of the molecule is NC(=NCC(=O)N1CCc2sccc2C1)N1CCN(c2nccs2)CC1. The van der Waals surface area contributed by atoms with Crippen molar-refractivity contribution < 1.29 is 4.79 Å². The minimum absolute atomic E-state index is 0.0474. The minimum Gasteiger partial charge on any atom is -0.370 e. The fourth-order valence-electron chi connectivity index (χ4n) is 3.31. The Bertz CT molecular complexity index is 779. The monoisotopic (exact) mass is 390 g/mol. The Labute approximate surface area is 160 Å². The normalized spacial score (nSPS) is 18.2. The topological polar surface area (TPSA) is 78.1 Å². The van der Waals surface area contributed by atoms with E-state index in [1.54, 1.807) is 22.7 Å². The first-order chi connectivity index (χ1) is 12.7. The van der Waals surface area contributed by atoms with Crippen LogP contribution in [0.5, 0.6) is 0 Å². The molecule has 9 heteroatoms. The molecule has 138 valence electrons. The van der Waals surface area contributed by atoms with Crippen molar-refractivity contribution in [2.24, 2.45) is 10.7 Å². The van der Waals surface area contributed by atoms with Crippen molar-refractivity contribution in [1.82, 2.24) is 14.8 Å². The maximum atomic E-state index is 12.5. The molecule has 2 aromatic heterocycles. The summed E-state index contributed by atoms with van der Waals surface area (Å²) in [4.78, 5) is 28.7. The zero-order chi connectivity index (χ0) is 17.9. The number of piperazine rings is 1. The van der Waals surface area contributed by atoms with E-state index in [0.717, 1.165) is 44.3 Å². The minimum atomic E-state index is 0.0474. The lowest BCUT2D eigenvalue weighted by Gasteiger charge is -2.35. The third-order valence-corrected chi connectivity index (χ3v) is 6.69. The van der Waals surface area contributed by atoms with E-state index in [-0.39, 0.29) is 12.5 Å². The molecule has 2 N–H and O–H groups in total. The van der Waals surface area contributed by atoms with Gasteiger partial charge in [-0.05, 0) is 23.4 Å². The molecule has 2 aromatic rings. The molecule has 0 aromatic carbocycles. The molecular weight excluding hydrogens is 368 g/mol. The summed E-state index contributed by atoms with van der Waals surface area (Å²) in [5, 5.41) is 5.14. The van der Waals surface area contributed by atoms with E-state index in [9.17, 15) is 4.79 Å². The molecular formula is C17H22N6OS2. The smallest absolute Gasteiger partial charge is 0.244 e. The third kappa shape index (κ3) is 3.68. The number of guanidine groups is 1. The number of thiophene rings is 1. The molecule has 0 spiro atoms. The lowest BCUT2D eigenvalue weighted by Crippen LogP contribution is -2.51. The lowest BCUT2D eigenvalue weighted by atomic mass is 10.1. The number of hydrogen-bond acceptors (Lipinski definition) is 6. The molecule has 0 saturated carbocycles. The van der Waals surface area contributed by atoms with Crippen molar-refractivity contribution in [2.75, 3.05) is 44.2 Å². The number of thiazole rings is 1. The van der Waals surface area contributed by atoms with E-state index >= 15 is 0 Å². The van der Waals surface area contributed by atoms with Crippen molar-refractivity contribution >= 4 is 39.7 Å². The Hall–Kier alpha value is -2.13. The van der Waals surface area contributed by atoms with Gasteiger partial charge in [-0.15, -0.1) is 22.7 Å². The fourth-order valence-corrected chi connectivity index (χ4v) is 4.90. The number of aliphatic imine (C=N–C) groups is 1. The Morgan fingerprint density at radius 1 is 1.15 bits per heavy atom. The van der Waals surface area contributed by atoms with Crippen molar-refractivity contribution in [3.8, 4) is 0 Å². The average molecular weight is 391 g/mol. The van der Waals surface area contributed by atoms with Crippen LogP contribution in [0.25, 0.3) is 0 Å². The Balaban J connectivity index is 1.28. The predicted octanol–water partition coefficient (Wildman–Crippen LogP) is 1.23. The van der Waals surface area contributed by atoms with Crippen molar-refractivity contribution in [2.45, 2.75) is 13.0 Å². The molecule has 4 rings (SSSR count). The fraction of sp³-hybridized carbons (Fsp3) is 0.471. The van der Waals surface area contributed by atoms with E-state index in [1.807, 2.05) is 21.4 Å². The van der Waals surface area contributed by atoms with Gasteiger partial charge in [0.15, 0.2) is 11.1 Å². The highest BCUT2D eigenvalue weighted by molar-refractivity contribution is 7.13. The van der Waals surface area contributed by atoms with Crippen LogP contribution in [0, 0.1) is 0 Å². The van der Waals surface area contributed by atoms with Crippen molar-refractivity contribution in [3.05, 3.63) is 33.5 Å². The summed E-state index contributed by atoms with van der Waals surface area (Å²) in [5.74, 6) is 0.511. The number of nitrogens with two attached hydrogens (primary N) is 1. The van der Waals surface area contributed by atoms with E-state index in [4.69, 9.17) is 5.73 Å². The molecule has 26 heavy (non-hydrogen) atoms. The van der Waals surface area contributed by atoms with Crippen LogP contribution in [0.2, 0.25) is 0 Å². The van der Waals surface area contributed by atoms with Crippen molar-refractivity contribution in [3.63, 3.8) is 0 Å². The summed E-state index contributed by atoms with van der Waals surface area (Å²) in [6.07, 6.45) is 2.77. The number of fused-ring (bicyclic) bond motifs is 1. The average Bonchev–Trinajstić information content (AvgIpc) is 3.37. The molecule has 4 heterocycles. The van der Waals surface area contributed by atoms with Crippen LogP contribution in [0.4, 0.5) is 5.13 Å². The van der Waals surface area contributed by atoms with Gasteiger partial charge in [-0.2, -0.15) is 0 Å². The first kappa shape index (κ1) is 17.3. The van der Waals surface area contributed by atoms with Gasteiger partial charge < -0.3 is 20.4 Å². The Morgan fingerprint density at radius 2 is 2.00 bits per heavy atom. The second-order valence-electron chi connectivity index (χ2n) is 6.40. The van der Waals surface area contributed by atoms with E-state index in [2.05, 4.69) is 26.3 Å². The molecule has 0 aliphatic carbocycles. The summed E-state index contributed by atoms with van der Waals surface area (Å²) in [5.41, 5.74) is 7.39. The molecule has 2 aliphatic heterocycles. The summed E-state index contributed by atoms with van der Waals surface area (Å²) in [6, 6.07) is 2.11. The quantitative estimate of drug-likeness (QED) is 0.630. The molecule has 1 fully saturated rings. The zero-order valence-corrected chi connectivity index (χ0v) is 16.1. The van der Waals surface area contributed by atoms with Crippen LogP contribution in [0.3, 0.4) is 0 Å². The number of hydrogen-bond donors (Lipinski definition) is 1. The summed E-state index contributed by atoms with van der Waals surface area (Å²) < 4.78 is 0. The van der Waals surface area contributed by atoms with Crippen LogP contribution in [-0.2, 0) is 17.8 Å². The second-order valence-corrected chi connectivity index (χ2v) is 8.27. The van der Waals surface area contributed by atoms with Gasteiger partial charge in [0.2, 0.25) is 5.91 Å². The number of carbonyl (C=O) groups is 1. The van der Waals surface area contributed by atoms with Crippen LogP contribution in [-0.4, -0.2) is 65.9 Å². The largest absolute Gasteiger partial charge is 0.370 e. The lowest BCUT2D eigenvalue weighted by molar-refractivity contribution is -0.130. The van der Waals surface area contributed by atoms with Gasteiger partial charge in [0, 0.05) is 55.7 Å². The highest BCUT2D eigenvalue weighted by Crippen LogP contribution is 2.24. The van der Waals surface area contributed by atoms with Crippen LogP contribution < -0.4 is 10.6 Å². The molecule has 1 amide bonds. The Morgan fingerprint density at radius 3 is 2.77 bits per heavy atom. The molecule has 1 saturated heterocycles. The zero-order valence-electron chi connectivity index (χ0n) is 14.5. The number of anilines is 1. The van der Waals surface area contributed by atoms with Crippen LogP contribution in [0.1, 0.15) is 10.4 Å². The van der Waals surface area contributed by atoms with Gasteiger partial charge >= 0.3 is 0 Å². The molecule has 0 bridgehead atoms. The van der Waals surface area contributed by atoms with Crippen LogP contribution in [0.15, 0.2) is 28.0 Å². The van der Waals surface area contributed by atoms with Crippen LogP contribution >= 0.6 is 22.7 Å². The van der Waals surface area contributed by atoms with Gasteiger partial charge in [0.1, 0.15) is 6.54 Å². The summed E-state index contributed by atoms with van der Waals surface area (Å²) in [7, 11) is 0. The maximum Gasteiger partial charge on any atom is 0.244 e. The summed E-state index contributed by atoms with van der Waals surface area (Å²) in [6.45, 7) is 4.91. The first-order valence-corrected chi connectivity index (χ1v) is 10.5. The van der Waals surface area contributed by atoms with E-state index in [0.29, 0.717) is 12.5 Å². The number of rotatable bonds is 3. The number of aromatic nitrogens is 1. The van der Waals surface area contributed by atoms with E-state index < -0.39 is 0 Å². The van der Waals surface area contributed by atoms with Gasteiger partial charge in [-0.25, -0.2) is 9.98 Å². The molecule has 0 unspecified atom stereocenters. The first-order valence-electron chi connectivity index (χ1n) is 8.73. The predicted molar refractivity (Wildman–Crippen MR) is 106 cm³/mol. The summed E-state index contributed by atoms with van der Waals surface area (Å²) >= 11 is 3.43. The molecule has 2 aliphatic rings. The second kappa shape index (κ2) is 7.63. The molecule has 0 atom stereocenters. The number of nitrogens with zero attached hydrogens (tertiary/aromatic N) is 5. The van der Waals surface area contributed by atoms with Gasteiger partial charge in [0.25, 0.3) is 0 Å². The maximum absolute atomic E-state index is 12.5. The highest BCUT2D eigenvalue weighted by Gasteiger charge is 2.22. The van der Waals surface area contributed by atoms with Gasteiger partial charge in [0.05, 0.1) is 0 Å². The van der Waals surface area contributed by atoms with Crippen molar-refractivity contribution in [1.29, 1.82) is 0 Å². The number of amides is 1. The Kier molecular flexibility index (Phi) is 5.07.